The van der Waals surface area contributed by atoms with Crippen LogP contribution < -0.4 is 0 Å². The van der Waals surface area contributed by atoms with Crippen LogP contribution in [-0.4, -0.2) is 22.8 Å². The normalized spacial score (nSPS) is 14.7. The zero-order valence-corrected chi connectivity index (χ0v) is 8.58. The number of carbonyl (C=O) groups is 1. The average Bonchev–Trinajstić information content (AvgIpc) is 2.43. The summed E-state index contributed by atoms with van der Waals surface area (Å²) < 4.78 is 0. The number of carbonyl (C=O) groups excluding carboxylic acids is 1. The third-order valence-corrected chi connectivity index (χ3v) is 2.54. The Kier molecular flexibility index (Phi) is 2.23. The fourth-order valence-corrected chi connectivity index (χ4v) is 1.80. The maximum Gasteiger partial charge on any atom is 0.255 e. The smallest absolute Gasteiger partial charge is 0.255 e. The van der Waals surface area contributed by atoms with Crippen molar-refractivity contribution in [1.82, 2.24) is 9.88 Å². The second kappa shape index (κ2) is 3.40. The standard InChI is InChI=1S/C11H14N2O/c1-3-4-9-5-8-7-13(2)11(14)10(8)6-12-9/h5-6H,3-4,7H2,1-2H3. The zero-order chi connectivity index (χ0) is 10.1. The molecule has 0 saturated carbocycles. The lowest BCUT2D eigenvalue weighted by Gasteiger charge is -2.04. The molecule has 1 aromatic heterocycles. The minimum absolute atomic E-state index is 0.0931. The number of nitrogens with zero attached hydrogens (tertiary/aromatic N) is 2. The lowest BCUT2D eigenvalue weighted by atomic mass is 10.1. The number of rotatable bonds is 2. The van der Waals surface area contributed by atoms with Gasteiger partial charge in [0, 0.05) is 25.5 Å². The molecule has 0 spiro atoms. The van der Waals surface area contributed by atoms with Gasteiger partial charge in [-0.1, -0.05) is 13.3 Å². The molecule has 1 aliphatic rings. The van der Waals surface area contributed by atoms with Crippen molar-refractivity contribution in [2.24, 2.45) is 0 Å². The second-order valence-electron chi connectivity index (χ2n) is 3.74. The molecule has 1 aliphatic heterocycles. The molecule has 74 valence electrons. The van der Waals surface area contributed by atoms with E-state index in [0.717, 1.165) is 36.2 Å². The quantitative estimate of drug-likeness (QED) is 0.710. The first kappa shape index (κ1) is 9.19. The van der Waals surface area contributed by atoms with Crippen LogP contribution in [0.15, 0.2) is 12.3 Å². The fourth-order valence-electron chi connectivity index (χ4n) is 1.80. The van der Waals surface area contributed by atoms with Crippen molar-refractivity contribution < 1.29 is 4.79 Å². The predicted molar refractivity (Wildman–Crippen MR) is 54.0 cm³/mol. The van der Waals surface area contributed by atoms with Crippen LogP contribution in [-0.2, 0) is 13.0 Å². The van der Waals surface area contributed by atoms with E-state index in [1.54, 1.807) is 11.1 Å². The van der Waals surface area contributed by atoms with E-state index in [1.165, 1.54) is 0 Å². The minimum Gasteiger partial charge on any atom is -0.337 e. The monoisotopic (exact) mass is 190 g/mol. The molecule has 3 heteroatoms. The Labute approximate surface area is 83.8 Å². The molecule has 0 radical (unpaired) electrons. The number of amides is 1. The summed E-state index contributed by atoms with van der Waals surface area (Å²) in [6.45, 7) is 2.86. The van der Waals surface area contributed by atoms with Gasteiger partial charge in [0.05, 0.1) is 5.56 Å². The van der Waals surface area contributed by atoms with Gasteiger partial charge in [0.2, 0.25) is 0 Å². The molecule has 0 aromatic carbocycles. The van der Waals surface area contributed by atoms with E-state index >= 15 is 0 Å². The van der Waals surface area contributed by atoms with Crippen LogP contribution in [0.25, 0.3) is 0 Å². The van der Waals surface area contributed by atoms with Crippen LogP contribution in [0.1, 0.15) is 35.0 Å². The Morgan fingerprint density at radius 2 is 2.36 bits per heavy atom. The molecule has 0 N–H and O–H groups in total. The van der Waals surface area contributed by atoms with Gasteiger partial charge in [-0.15, -0.1) is 0 Å². The van der Waals surface area contributed by atoms with Crippen LogP contribution in [0.2, 0.25) is 0 Å². The van der Waals surface area contributed by atoms with Crippen LogP contribution in [0, 0.1) is 0 Å². The molecular weight excluding hydrogens is 176 g/mol. The van der Waals surface area contributed by atoms with E-state index in [-0.39, 0.29) is 5.91 Å². The number of hydrogen-bond donors (Lipinski definition) is 0. The van der Waals surface area contributed by atoms with Gasteiger partial charge in [-0.2, -0.15) is 0 Å². The molecule has 0 saturated heterocycles. The molecule has 0 atom stereocenters. The number of fused-ring (bicyclic) bond motifs is 1. The Morgan fingerprint density at radius 3 is 3.07 bits per heavy atom. The topological polar surface area (TPSA) is 33.2 Å². The van der Waals surface area contributed by atoms with Gasteiger partial charge in [-0.3, -0.25) is 9.78 Å². The van der Waals surface area contributed by atoms with Crippen molar-refractivity contribution in [3.8, 4) is 0 Å². The van der Waals surface area contributed by atoms with Gasteiger partial charge in [0.25, 0.3) is 5.91 Å². The van der Waals surface area contributed by atoms with Crippen LogP contribution in [0.3, 0.4) is 0 Å². The maximum absolute atomic E-state index is 11.6. The molecule has 1 aromatic rings. The van der Waals surface area contributed by atoms with Crippen LogP contribution in [0.4, 0.5) is 0 Å². The average molecular weight is 190 g/mol. The Morgan fingerprint density at radius 1 is 1.57 bits per heavy atom. The van der Waals surface area contributed by atoms with E-state index < -0.39 is 0 Å². The fraction of sp³-hybridized carbons (Fsp3) is 0.455. The summed E-state index contributed by atoms with van der Waals surface area (Å²) in [5, 5.41) is 0. The van der Waals surface area contributed by atoms with Gasteiger partial charge in [0.1, 0.15) is 0 Å². The Bertz CT molecular complexity index is 374. The van der Waals surface area contributed by atoms with E-state index in [4.69, 9.17) is 0 Å². The number of aromatic nitrogens is 1. The molecule has 14 heavy (non-hydrogen) atoms. The summed E-state index contributed by atoms with van der Waals surface area (Å²) in [5.41, 5.74) is 2.98. The molecule has 1 amide bonds. The van der Waals surface area contributed by atoms with E-state index in [9.17, 15) is 4.79 Å². The number of hydrogen-bond acceptors (Lipinski definition) is 2. The van der Waals surface area contributed by atoms with Gasteiger partial charge < -0.3 is 4.90 Å². The molecule has 3 nitrogen and oxygen atoms in total. The summed E-state index contributed by atoms with van der Waals surface area (Å²) in [7, 11) is 1.82. The highest BCUT2D eigenvalue weighted by atomic mass is 16.2. The highest BCUT2D eigenvalue weighted by Crippen LogP contribution is 2.21. The van der Waals surface area contributed by atoms with Crippen molar-refractivity contribution in [2.75, 3.05) is 7.05 Å². The first-order chi connectivity index (χ1) is 6.72. The third-order valence-electron chi connectivity index (χ3n) is 2.54. The van der Waals surface area contributed by atoms with Gasteiger partial charge in [0.15, 0.2) is 0 Å². The first-order valence-corrected chi connectivity index (χ1v) is 4.95. The molecule has 2 heterocycles. The van der Waals surface area contributed by atoms with Gasteiger partial charge in [-0.05, 0) is 18.1 Å². The summed E-state index contributed by atoms with van der Waals surface area (Å²) >= 11 is 0. The van der Waals surface area contributed by atoms with Crippen LogP contribution in [0.5, 0.6) is 0 Å². The lowest BCUT2D eigenvalue weighted by molar-refractivity contribution is 0.0816. The van der Waals surface area contributed by atoms with E-state index in [1.807, 2.05) is 7.05 Å². The van der Waals surface area contributed by atoms with Crippen molar-refractivity contribution in [3.05, 3.63) is 29.1 Å². The largest absolute Gasteiger partial charge is 0.337 e. The summed E-state index contributed by atoms with van der Waals surface area (Å²) in [4.78, 5) is 17.6. The minimum atomic E-state index is 0.0931. The van der Waals surface area contributed by atoms with Gasteiger partial charge >= 0.3 is 0 Å². The summed E-state index contributed by atoms with van der Waals surface area (Å²) in [5.74, 6) is 0.0931. The first-order valence-electron chi connectivity index (χ1n) is 4.95. The van der Waals surface area contributed by atoms with Crippen molar-refractivity contribution >= 4 is 5.91 Å². The Hall–Kier alpha value is -1.38. The highest BCUT2D eigenvalue weighted by molar-refractivity contribution is 5.97. The second-order valence-corrected chi connectivity index (χ2v) is 3.74. The molecule has 0 fully saturated rings. The Balaban J connectivity index is 2.34. The van der Waals surface area contributed by atoms with Crippen molar-refractivity contribution in [2.45, 2.75) is 26.3 Å². The molecule has 0 bridgehead atoms. The third kappa shape index (κ3) is 1.39. The molecule has 0 unspecified atom stereocenters. The highest BCUT2D eigenvalue weighted by Gasteiger charge is 2.24. The van der Waals surface area contributed by atoms with Crippen molar-refractivity contribution in [1.29, 1.82) is 0 Å². The summed E-state index contributed by atoms with van der Waals surface area (Å²) in [6, 6.07) is 2.06. The van der Waals surface area contributed by atoms with Gasteiger partial charge in [-0.25, -0.2) is 0 Å². The molecular formula is C11H14N2O. The molecule has 0 aliphatic carbocycles. The molecule has 2 rings (SSSR count). The maximum atomic E-state index is 11.6. The predicted octanol–water partition coefficient (Wildman–Crippen LogP) is 1.62. The van der Waals surface area contributed by atoms with E-state index in [2.05, 4.69) is 18.0 Å². The van der Waals surface area contributed by atoms with E-state index in [0.29, 0.717) is 0 Å². The van der Waals surface area contributed by atoms with Crippen molar-refractivity contribution in [3.63, 3.8) is 0 Å². The van der Waals surface area contributed by atoms with Crippen LogP contribution >= 0.6 is 0 Å². The number of aryl methyl sites for hydroxylation is 1. The number of pyridine rings is 1. The SMILES string of the molecule is CCCc1cc2c(cn1)C(=O)N(C)C2. The summed E-state index contributed by atoms with van der Waals surface area (Å²) in [6.07, 6.45) is 3.80. The zero-order valence-electron chi connectivity index (χ0n) is 8.58. The lowest BCUT2D eigenvalue weighted by Crippen LogP contribution is -2.17.